The first-order chi connectivity index (χ1) is 14.9. The number of benzene rings is 1. The van der Waals surface area contributed by atoms with Gasteiger partial charge in [-0.15, -0.1) is 9.24 Å². The van der Waals surface area contributed by atoms with Gasteiger partial charge < -0.3 is 10.1 Å². The Morgan fingerprint density at radius 1 is 1.29 bits per heavy atom. The first kappa shape index (κ1) is 30.1. The lowest BCUT2D eigenvalue weighted by molar-refractivity contribution is 0.0380. The number of allylic oxidation sites excluding steroid dienone is 4. The Morgan fingerprint density at radius 3 is 2.39 bits per heavy atom. The Hall–Kier alpha value is -0.900. The highest BCUT2D eigenvalue weighted by Crippen LogP contribution is 2.37. The third kappa shape index (κ3) is 10.5. The Morgan fingerprint density at radius 2 is 1.90 bits per heavy atom. The van der Waals surface area contributed by atoms with E-state index in [0.717, 1.165) is 63.8 Å². The molecule has 6 heteroatoms. The van der Waals surface area contributed by atoms with Crippen LogP contribution in [-0.2, 0) is 4.74 Å². The van der Waals surface area contributed by atoms with Gasteiger partial charge in [0.15, 0.2) is 0 Å². The van der Waals surface area contributed by atoms with Crippen LogP contribution in [0.4, 0.5) is 0 Å². The zero-order valence-corrected chi connectivity index (χ0v) is 22.8. The minimum atomic E-state index is 0.733. The van der Waals surface area contributed by atoms with Crippen molar-refractivity contribution in [2.24, 2.45) is 0 Å². The highest BCUT2D eigenvalue weighted by molar-refractivity contribution is 8.15. The molecule has 1 unspecified atom stereocenters. The van der Waals surface area contributed by atoms with Gasteiger partial charge in [-0.3, -0.25) is 4.90 Å². The molecule has 1 aliphatic heterocycles. The van der Waals surface area contributed by atoms with Gasteiger partial charge in [-0.1, -0.05) is 80.6 Å². The molecule has 1 atom stereocenters. The van der Waals surface area contributed by atoms with E-state index >= 15 is 0 Å². The minimum absolute atomic E-state index is 0.733. The third-order valence-electron chi connectivity index (χ3n) is 4.50. The summed E-state index contributed by atoms with van der Waals surface area (Å²) in [5, 5.41) is 8.96. The fourth-order valence-corrected chi connectivity index (χ4v) is 4.23. The molecule has 0 bridgehead atoms. The third-order valence-corrected chi connectivity index (χ3v) is 6.19. The second-order valence-electron chi connectivity index (χ2n) is 6.90. The molecule has 174 valence electrons. The maximum Gasteiger partial charge on any atom is 0.0594 e. The molecule has 0 radical (unpaired) electrons. The van der Waals surface area contributed by atoms with Gasteiger partial charge in [-0.2, -0.15) is 0 Å². The van der Waals surface area contributed by atoms with E-state index in [4.69, 9.17) is 21.7 Å². The molecular formula is C25H40ClN2OPS. The van der Waals surface area contributed by atoms with Crippen LogP contribution < -0.4 is 5.30 Å². The van der Waals surface area contributed by atoms with E-state index in [2.05, 4.69) is 27.6 Å². The maximum atomic E-state index is 7.25. The molecule has 0 spiro atoms. The number of rotatable bonds is 7. The molecule has 2 rings (SSSR count). The molecule has 1 heterocycles. The fourth-order valence-electron chi connectivity index (χ4n) is 3.16. The number of hydrogen-bond acceptors (Lipinski definition) is 4. The number of ether oxygens (including phenoxy) is 1. The lowest BCUT2D eigenvalue weighted by Gasteiger charge is -2.25. The minimum Gasteiger partial charge on any atom is -0.379 e. The van der Waals surface area contributed by atoms with E-state index in [1.807, 2.05) is 58.9 Å². The van der Waals surface area contributed by atoms with Gasteiger partial charge in [0.05, 0.1) is 23.8 Å². The Kier molecular flexibility index (Phi) is 17.1. The smallest absolute Gasteiger partial charge is 0.0594 e. The highest BCUT2D eigenvalue weighted by Gasteiger charge is 2.16. The van der Waals surface area contributed by atoms with Crippen molar-refractivity contribution in [2.45, 2.75) is 48.0 Å². The van der Waals surface area contributed by atoms with Crippen LogP contribution in [0.3, 0.4) is 0 Å². The van der Waals surface area contributed by atoms with Crippen LogP contribution in [-0.4, -0.2) is 43.3 Å². The normalized spacial score (nSPS) is 13.9. The van der Waals surface area contributed by atoms with Crippen molar-refractivity contribution in [2.75, 3.05) is 32.8 Å². The number of nitrogens with zero attached hydrogens (tertiary/aromatic N) is 1. The maximum absolute atomic E-state index is 7.25. The molecule has 1 aliphatic rings. The van der Waals surface area contributed by atoms with Crippen LogP contribution >= 0.6 is 32.6 Å². The van der Waals surface area contributed by atoms with E-state index in [-0.39, 0.29) is 0 Å². The largest absolute Gasteiger partial charge is 0.379 e. The summed E-state index contributed by atoms with van der Waals surface area (Å²) in [5.41, 5.74) is 5.55. The number of halogens is 1. The van der Waals surface area contributed by atoms with Gasteiger partial charge >= 0.3 is 0 Å². The Balaban J connectivity index is 0.000000679. The number of thioether (sulfide) groups is 1. The van der Waals surface area contributed by atoms with E-state index in [1.54, 1.807) is 0 Å². The summed E-state index contributed by atoms with van der Waals surface area (Å²) in [5.74, 6) is 0. The molecule has 0 amide bonds. The highest BCUT2D eigenvalue weighted by atomic mass is 35.5. The Bertz CT molecular complexity index is 749. The standard InChI is InChI=1S/C16H19ClNPS.C7H15NO.C2H6/c1-5-12(13-7-6-8-14(19)16(13)17)15(10(2)3)11(4)20-9-18;1-2-3-8-4-6-9-7-5-8;1-2/h5-9,18H,4,19H2,1-3H3;2-7H2,1H3;1-2H3/b12-5+,18-9?;;. The van der Waals surface area contributed by atoms with Gasteiger partial charge in [0, 0.05) is 23.6 Å². The van der Waals surface area contributed by atoms with E-state index < -0.39 is 0 Å². The summed E-state index contributed by atoms with van der Waals surface area (Å²) in [7, 11) is 2.65. The van der Waals surface area contributed by atoms with E-state index in [0.29, 0.717) is 0 Å². The molecule has 3 nitrogen and oxygen atoms in total. The predicted molar refractivity (Wildman–Crippen MR) is 147 cm³/mol. The lowest BCUT2D eigenvalue weighted by Crippen LogP contribution is -2.36. The van der Waals surface area contributed by atoms with E-state index in [9.17, 15) is 0 Å². The predicted octanol–water partition coefficient (Wildman–Crippen LogP) is 7.19. The number of nitrogens with one attached hydrogen (secondary N) is 1. The summed E-state index contributed by atoms with van der Waals surface area (Å²) < 4.78 is 5.20. The van der Waals surface area contributed by atoms with Crippen molar-refractivity contribution < 1.29 is 4.74 Å². The molecule has 31 heavy (non-hydrogen) atoms. The average molecular weight is 483 g/mol. The van der Waals surface area contributed by atoms with Crippen LogP contribution in [0.5, 0.6) is 0 Å². The molecule has 1 fully saturated rings. The van der Waals surface area contributed by atoms with Crippen LogP contribution in [0.1, 0.15) is 53.5 Å². The number of hydrogen-bond donors (Lipinski definition) is 1. The van der Waals surface area contributed by atoms with Crippen molar-refractivity contribution in [1.29, 1.82) is 5.41 Å². The zero-order valence-electron chi connectivity index (χ0n) is 20.1. The summed E-state index contributed by atoms with van der Waals surface area (Å²) in [4.78, 5) is 3.31. The summed E-state index contributed by atoms with van der Waals surface area (Å²) in [6, 6.07) is 5.96. The van der Waals surface area contributed by atoms with Crippen molar-refractivity contribution >= 4 is 49.0 Å². The second-order valence-corrected chi connectivity index (χ2v) is 8.86. The van der Waals surface area contributed by atoms with Gasteiger partial charge in [-0.25, -0.2) is 0 Å². The first-order valence-electron chi connectivity index (χ1n) is 10.9. The van der Waals surface area contributed by atoms with Gasteiger partial charge in [0.1, 0.15) is 0 Å². The average Bonchev–Trinajstić information content (AvgIpc) is 2.77. The monoisotopic (exact) mass is 482 g/mol. The topological polar surface area (TPSA) is 36.3 Å². The van der Waals surface area contributed by atoms with E-state index in [1.165, 1.54) is 30.3 Å². The van der Waals surface area contributed by atoms with Crippen LogP contribution in [0.15, 0.2) is 46.9 Å². The van der Waals surface area contributed by atoms with Gasteiger partial charge in [-0.05, 0) is 50.2 Å². The molecule has 1 aromatic rings. The van der Waals surface area contributed by atoms with Crippen molar-refractivity contribution in [3.63, 3.8) is 0 Å². The van der Waals surface area contributed by atoms with Crippen LogP contribution in [0, 0.1) is 5.41 Å². The number of morpholine rings is 1. The van der Waals surface area contributed by atoms with Crippen molar-refractivity contribution in [1.82, 2.24) is 4.90 Å². The molecule has 0 aromatic heterocycles. The van der Waals surface area contributed by atoms with Gasteiger partial charge in [0.2, 0.25) is 0 Å². The molecule has 1 aromatic carbocycles. The summed E-state index contributed by atoms with van der Waals surface area (Å²) in [6.07, 6.45) is 3.31. The fraction of sp³-hybridized carbons (Fsp3) is 0.480. The molecular weight excluding hydrogens is 443 g/mol. The lowest BCUT2D eigenvalue weighted by atomic mass is 9.94. The molecule has 1 N–H and O–H groups in total. The van der Waals surface area contributed by atoms with Crippen molar-refractivity contribution in [3.8, 4) is 0 Å². The summed E-state index contributed by atoms with van der Waals surface area (Å²) >= 11 is 7.75. The molecule has 0 saturated carbocycles. The van der Waals surface area contributed by atoms with Crippen LogP contribution in [0.25, 0.3) is 5.57 Å². The molecule has 1 saturated heterocycles. The first-order valence-corrected chi connectivity index (χ1v) is 12.7. The van der Waals surface area contributed by atoms with Crippen LogP contribution in [0.2, 0.25) is 5.02 Å². The molecule has 0 aliphatic carbocycles. The van der Waals surface area contributed by atoms with Gasteiger partial charge in [0.25, 0.3) is 0 Å². The van der Waals surface area contributed by atoms with Crippen molar-refractivity contribution in [3.05, 3.63) is 57.5 Å². The quantitative estimate of drug-likeness (QED) is 0.193. The SMILES string of the molecule is C=C(SC=N)C(=C(C)C)/C(=C/C)c1cccc(P)c1Cl.CC.CCCN1CCOCC1. The Labute approximate surface area is 202 Å². The zero-order chi connectivity index (χ0) is 23.8. The second kappa shape index (κ2) is 17.6. The summed E-state index contributed by atoms with van der Waals surface area (Å²) in [6.45, 7) is 21.8.